The first-order valence-electron chi connectivity index (χ1n) is 5.08. The third kappa shape index (κ3) is 2.33. The van der Waals surface area contributed by atoms with Gasteiger partial charge in [0.2, 0.25) is 10.0 Å². The summed E-state index contributed by atoms with van der Waals surface area (Å²) in [5.41, 5.74) is 5.13. The van der Waals surface area contributed by atoms with Gasteiger partial charge in [-0.05, 0) is 6.07 Å². The summed E-state index contributed by atoms with van der Waals surface area (Å²) in [6, 6.07) is 1.24. The second-order valence-electron chi connectivity index (χ2n) is 3.63. The lowest BCUT2D eigenvalue weighted by molar-refractivity contribution is 0.0730. The Morgan fingerprint density at radius 1 is 1.41 bits per heavy atom. The SMILES string of the molecule is NC(=O)c1cc(S(=O)(=O)N2CCOCC2)c[nH]1. The van der Waals surface area contributed by atoms with Gasteiger partial charge in [-0.2, -0.15) is 4.31 Å². The molecule has 0 aromatic carbocycles. The van der Waals surface area contributed by atoms with Crippen molar-refractivity contribution in [2.45, 2.75) is 4.90 Å². The Bertz CT molecular complexity index is 516. The van der Waals surface area contributed by atoms with Crippen LogP contribution in [0.5, 0.6) is 0 Å². The van der Waals surface area contributed by atoms with Crippen molar-refractivity contribution in [1.82, 2.24) is 9.29 Å². The number of morpholine rings is 1. The van der Waals surface area contributed by atoms with Gasteiger partial charge in [-0.25, -0.2) is 8.42 Å². The number of carbonyl (C=O) groups excluding carboxylic acids is 1. The van der Waals surface area contributed by atoms with E-state index in [0.717, 1.165) is 0 Å². The highest BCUT2D eigenvalue weighted by Gasteiger charge is 2.27. The molecule has 1 aliphatic heterocycles. The Morgan fingerprint density at radius 3 is 2.59 bits per heavy atom. The van der Waals surface area contributed by atoms with E-state index in [1.165, 1.54) is 16.6 Å². The van der Waals surface area contributed by atoms with Crippen molar-refractivity contribution < 1.29 is 17.9 Å². The van der Waals surface area contributed by atoms with Crippen LogP contribution in [-0.4, -0.2) is 49.9 Å². The number of H-pyrrole nitrogens is 1. The number of aromatic amines is 1. The van der Waals surface area contributed by atoms with Crippen molar-refractivity contribution in [2.75, 3.05) is 26.3 Å². The quantitative estimate of drug-likeness (QED) is 0.736. The molecule has 2 heterocycles. The van der Waals surface area contributed by atoms with Gasteiger partial charge in [-0.3, -0.25) is 4.79 Å². The number of sulfonamides is 1. The topological polar surface area (TPSA) is 105 Å². The fourth-order valence-corrected chi connectivity index (χ4v) is 3.00. The number of nitrogens with zero attached hydrogens (tertiary/aromatic N) is 1. The first kappa shape index (κ1) is 12.1. The molecule has 2 rings (SSSR count). The van der Waals surface area contributed by atoms with Crippen LogP contribution in [0, 0.1) is 0 Å². The number of ether oxygens (including phenoxy) is 1. The third-order valence-electron chi connectivity index (χ3n) is 2.53. The lowest BCUT2D eigenvalue weighted by Gasteiger charge is -2.25. The molecule has 0 unspecified atom stereocenters. The van der Waals surface area contributed by atoms with Crippen molar-refractivity contribution >= 4 is 15.9 Å². The van der Waals surface area contributed by atoms with Crippen LogP contribution in [0.25, 0.3) is 0 Å². The highest BCUT2D eigenvalue weighted by Crippen LogP contribution is 2.17. The lowest BCUT2D eigenvalue weighted by Crippen LogP contribution is -2.40. The number of hydrogen-bond donors (Lipinski definition) is 2. The monoisotopic (exact) mass is 259 g/mol. The Labute approximate surface area is 98.6 Å². The van der Waals surface area contributed by atoms with Gasteiger partial charge in [0.25, 0.3) is 5.91 Å². The third-order valence-corrected chi connectivity index (χ3v) is 4.41. The van der Waals surface area contributed by atoms with E-state index in [0.29, 0.717) is 26.3 Å². The predicted molar refractivity (Wildman–Crippen MR) is 58.9 cm³/mol. The molecule has 0 atom stereocenters. The molecule has 0 radical (unpaired) electrons. The summed E-state index contributed by atoms with van der Waals surface area (Å²) >= 11 is 0. The highest BCUT2D eigenvalue weighted by atomic mass is 32.2. The number of aromatic nitrogens is 1. The van der Waals surface area contributed by atoms with Gasteiger partial charge in [-0.15, -0.1) is 0 Å². The fourth-order valence-electron chi connectivity index (χ4n) is 1.60. The van der Waals surface area contributed by atoms with Gasteiger partial charge in [0.1, 0.15) is 10.6 Å². The van der Waals surface area contributed by atoms with Crippen molar-refractivity contribution in [3.05, 3.63) is 18.0 Å². The zero-order valence-corrected chi connectivity index (χ0v) is 9.87. The molecule has 0 spiro atoms. The maximum Gasteiger partial charge on any atom is 0.265 e. The van der Waals surface area contributed by atoms with E-state index in [9.17, 15) is 13.2 Å². The Hall–Kier alpha value is -1.38. The average molecular weight is 259 g/mol. The molecule has 0 aliphatic carbocycles. The number of rotatable bonds is 3. The molecule has 94 valence electrons. The van der Waals surface area contributed by atoms with Crippen LogP contribution in [0.3, 0.4) is 0 Å². The van der Waals surface area contributed by atoms with Crippen molar-refractivity contribution in [3.8, 4) is 0 Å². The molecule has 3 N–H and O–H groups in total. The van der Waals surface area contributed by atoms with Gasteiger partial charge in [-0.1, -0.05) is 0 Å². The maximum atomic E-state index is 12.1. The van der Waals surface area contributed by atoms with Crippen LogP contribution < -0.4 is 5.73 Å². The number of hydrogen-bond acceptors (Lipinski definition) is 4. The molecule has 8 heteroatoms. The number of nitrogens with one attached hydrogen (secondary N) is 1. The van der Waals surface area contributed by atoms with E-state index < -0.39 is 15.9 Å². The molecule has 7 nitrogen and oxygen atoms in total. The molecule has 1 aliphatic rings. The van der Waals surface area contributed by atoms with Crippen molar-refractivity contribution in [1.29, 1.82) is 0 Å². The smallest absolute Gasteiger partial charge is 0.265 e. The molecular formula is C9H13N3O4S. The standard InChI is InChI=1S/C9H13N3O4S/c10-9(13)8-5-7(6-11-8)17(14,15)12-1-3-16-4-2-12/h5-6,11H,1-4H2,(H2,10,13). The number of primary amides is 1. The van der Waals surface area contributed by atoms with Crippen LogP contribution in [0.1, 0.15) is 10.5 Å². The van der Waals surface area contributed by atoms with Crippen LogP contribution in [0.4, 0.5) is 0 Å². The van der Waals surface area contributed by atoms with E-state index in [4.69, 9.17) is 10.5 Å². The molecule has 0 saturated carbocycles. The van der Waals surface area contributed by atoms with Crippen molar-refractivity contribution in [3.63, 3.8) is 0 Å². The van der Waals surface area contributed by atoms with Gasteiger partial charge in [0.15, 0.2) is 0 Å². The fraction of sp³-hybridized carbons (Fsp3) is 0.444. The second kappa shape index (κ2) is 4.47. The Balaban J connectivity index is 2.27. The van der Waals surface area contributed by atoms with Gasteiger partial charge in [0, 0.05) is 19.3 Å². The number of carbonyl (C=O) groups is 1. The minimum absolute atomic E-state index is 0.0493. The lowest BCUT2D eigenvalue weighted by atomic mass is 10.4. The van der Waals surface area contributed by atoms with Gasteiger partial charge >= 0.3 is 0 Å². The molecule has 1 saturated heterocycles. The highest BCUT2D eigenvalue weighted by molar-refractivity contribution is 7.89. The van der Waals surface area contributed by atoms with Crippen LogP contribution in [-0.2, 0) is 14.8 Å². The normalized spacial score (nSPS) is 18.1. The largest absolute Gasteiger partial charge is 0.379 e. The van der Waals surface area contributed by atoms with E-state index in [1.807, 2.05) is 0 Å². The first-order chi connectivity index (χ1) is 8.01. The number of nitrogens with two attached hydrogens (primary N) is 1. The summed E-state index contributed by atoms with van der Waals surface area (Å²) in [5.74, 6) is -0.687. The summed E-state index contributed by atoms with van der Waals surface area (Å²) < 4.78 is 30.7. The van der Waals surface area contributed by atoms with Gasteiger partial charge < -0.3 is 15.5 Å². The Kier molecular flexibility index (Phi) is 3.18. The number of amides is 1. The zero-order valence-electron chi connectivity index (χ0n) is 9.05. The molecule has 1 fully saturated rings. The minimum Gasteiger partial charge on any atom is -0.379 e. The minimum atomic E-state index is -3.56. The van der Waals surface area contributed by atoms with Crippen LogP contribution >= 0.6 is 0 Å². The summed E-state index contributed by atoms with van der Waals surface area (Å²) in [7, 11) is -3.56. The maximum absolute atomic E-state index is 12.1. The first-order valence-corrected chi connectivity index (χ1v) is 6.52. The van der Waals surface area contributed by atoms with E-state index in [2.05, 4.69) is 4.98 Å². The summed E-state index contributed by atoms with van der Waals surface area (Å²) in [5, 5.41) is 0. The zero-order chi connectivity index (χ0) is 12.5. The molecule has 17 heavy (non-hydrogen) atoms. The molecule has 1 amide bonds. The van der Waals surface area contributed by atoms with Crippen LogP contribution in [0.15, 0.2) is 17.2 Å². The molecule has 1 aromatic rings. The van der Waals surface area contributed by atoms with E-state index >= 15 is 0 Å². The van der Waals surface area contributed by atoms with E-state index in [-0.39, 0.29) is 10.6 Å². The summed E-state index contributed by atoms with van der Waals surface area (Å²) in [6.45, 7) is 1.40. The predicted octanol–water partition coefficient (Wildman–Crippen LogP) is -0.865. The summed E-state index contributed by atoms with van der Waals surface area (Å²) in [4.78, 5) is 13.5. The van der Waals surface area contributed by atoms with E-state index in [1.54, 1.807) is 0 Å². The molecular weight excluding hydrogens is 246 g/mol. The molecule has 1 aromatic heterocycles. The summed E-state index contributed by atoms with van der Waals surface area (Å²) in [6.07, 6.45) is 1.27. The second-order valence-corrected chi connectivity index (χ2v) is 5.57. The van der Waals surface area contributed by atoms with Crippen LogP contribution in [0.2, 0.25) is 0 Å². The average Bonchev–Trinajstić information content (AvgIpc) is 2.80. The van der Waals surface area contributed by atoms with Crippen molar-refractivity contribution in [2.24, 2.45) is 5.73 Å². The Morgan fingerprint density at radius 2 is 2.06 bits per heavy atom. The van der Waals surface area contributed by atoms with Gasteiger partial charge in [0.05, 0.1) is 13.2 Å². The molecule has 0 bridgehead atoms.